The number of hydrogen-bond donors (Lipinski definition) is 2. The summed E-state index contributed by atoms with van der Waals surface area (Å²) in [4.78, 5) is 13.8. The maximum atomic E-state index is 11.3. The van der Waals surface area contributed by atoms with Crippen molar-refractivity contribution < 1.29 is 14.4 Å². The standard InChI is InChI=1S/C33H35N3O3/c1-23-31(34-29-15-19-36(20-16-29)22-24-5-3-2-4-6-24)32(39-35-23)27-9-7-25(8-10-27)26-11-13-28(14-12-26)33(17-18-33)21-30(37)38/h2-14,29,34H,15-22H2,1H3,(H,37,38). The molecule has 1 saturated carbocycles. The first-order valence-electron chi connectivity index (χ1n) is 13.9. The van der Waals surface area contributed by atoms with Gasteiger partial charge in [-0.25, -0.2) is 0 Å². The Morgan fingerprint density at radius 2 is 1.56 bits per heavy atom. The highest BCUT2D eigenvalue weighted by molar-refractivity contribution is 5.77. The van der Waals surface area contributed by atoms with E-state index in [2.05, 4.69) is 94.2 Å². The Kier molecular flexibility index (Phi) is 6.96. The number of aliphatic carboxylic acids is 1. The van der Waals surface area contributed by atoms with Gasteiger partial charge in [-0.3, -0.25) is 9.69 Å². The Balaban J connectivity index is 1.10. The molecule has 0 atom stereocenters. The summed E-state index contributed by atoms with van der Waals surface area (Å²) in [5.74, 6) is 0.0580. The maximum Gasteiger partial charge on any atom is 0.304 e. The second kappa shape index (κ2) is 10.7. The van der Waals surface area contributed by atoms with Crippen LogP contribution in [0.3, 0.4) is 0 Å². The highest BCUT2D eigenvalue weighted by atomic mass is 16.5. The molecule has 3 aromatic carbocycles. The van der Waals surface area contributed by atoms with E-state index >= 15 is 0 Å². The Morgan fingerprint density at radius 1 is 0.949 bits per heavy atom. The number of nitrogens with zero attached hydrogens (tertiary/aromatic N) is 2. The lowest BCUT2D eigenvalue weighted by atomic mass is 9.91. The van der Waals surface area contributed by atoms with Gasteiger partial charge >= 0.3 is 5.97 Å². The van der Waals surface area contributed by atoms with Crippen molar-refractivity contribution in [1.82, 2.24) is 10.1 Å². The zero-order chi connectivity index (χ0) is 26.8. The predicted octanol–water partition coefficient (Wildman–Crippen LogP) is 6.90. The second-order valence-electron chi connectivity index (χ2n) is 11.2. The van der Waals surface area contributed by atoms with Gasteiger partial charge in [0.15, 0.2) is 5.76 Å². The third-order valence-electron chi connectivity index (χ3n) is 8.37. The van der Waals surface area contributed by atoms with Gasteiger partial charge in [0, 0.05) is 36.7 Å². The van der Waals surface area contributed by atoms with Crippen LogP contribution in [0.4, 0.5) is 5.69 Å². The number of benzene rings is 3. The average molecular weight is 522 g/mol. The highest BCUT2D eigenvalue weighted by Gasteiger charge is 2.45. The van der Waals surface area contributed by atoms with Crippen molar-refractivity contribution in [2.75, 3.05) is 18.4 Å². The SMILES string of the molecule is Cc1noc(-c2ccc(-c3ccc(C4(CC(=O)O)CC4)cc3)cc2)c1NC1CCN(Cc2ccccc2)CC1. The summed E-state index contributed by atoms with van der Waals surface area (Å²) in [7, 11) is 0. The first-order valence-corrected chi connectivity index (χ1v) is 13.9. The van der Waals surface area contributed by atoms with Crippen molar-refractivity contribution in [3.8, 4) is 22.5 Å². The minimum absolute atomic E-state index is 0.166. The lowest BCUT2D eigenvalue weighted by molar-refractivity contribution is -0.137. The molecule has 2 heterocycles. The molecular weight excluding hydrogens is 486 g/mol. The molecule has 2 fully saturated rings. The summed E-state index contributed by atoms with van der Waals surface area (Å²) in [5, 5.41) is 17.3. The van der Waals surface area contributed by atoms with E-state index in [4.69, 9.17) is 4.52 Å². The van der Waals surface area contributed by atoms with E-state index in [1.165, 1.54) is 5.56 Å². The first kappa shape index (κ1) is 25.4. The Labute approximate surface area is 229 Å². The monoisotopic (exact) mass is 521 g/mol. The molecule has 6 rings (SSSR count). The molecule has 4 aromatic rings. The van der Waals surface area contributed by atoms with Gasteiger partial charge in [-0.15, -0.1) is 0 Å². The number of rotatable bonds is 9. The number of carboxylic acids is 1. The summed E-state index contributed by atoms with van der Waals surface area (Å²) < 4.78 is 5.79. The minimum Gasteiger partial charge on any atom is -0.481 e. The van der Waals surface area contributed by atoms with Crippen molar-refractivity contribution in [1.29, 1.82) is 0 Å². The molecule has 2 aliphatic rings. The molecule has 1 aromatic heterocycles. The molecule has 200 valence electrons. The van der Waals surface area contributed by atoms with Gasteiger partial charge in [-0.05, 0) is 54.9 Å². The Bertz CT molecular complexity index is 1420. The predicted molar refractivity (Wildman–Crippen MR) is 154 cm³/mol. The molecule has 1 aliphatic heterocycles. The van der Waals surface area contributed by atoms with Crippen molar-refractivity contribution in [2.24, 2.45) is 0 Å². The fraction of sp³-hybridized carbons (Fsp3) is 0.333. The number of piperidine rings is 1. The van der Waals surface area contributed by atoms with E-state index in [0.717, 1.165) is 84.7 Å². The second-order valence-corrected chi connectivity index (χ2v) is 11.2. The largest absolute Gasteiger partial charge is 0.481 e. The number of carboxylic acid groups (broad SMARTS) is 1. The van der Waals surface area contributed by atoms with Gasteiger partial charge in [-0.2, -0.15) is 0 Å². The van der Waals surface area contributed by atoms with E-state index in [1.54, 1.807) is 0 Å². The van der Waals surface area contributed by atoms with E-state index in [0.29, 0.717) is 6.04 Å². The van der Waals surface area contributed by atoms with Crippen molar-refractivity contribution in [3.63, 3.8) is 0 Å². The van der Waals surface area contributed by atoms with Crippen LogP contribution >= 0.6 is 0 Å². The van der Waals surface area contributed by atoms with Crippen molar-refractivity contribution in [3.05, 3.63) is 95.7 Å². The number of nitrogens with one attached hydrogen (secondary N) is 1. The van der Waals surface area contributed by atoms with Crippen LogP contribution in [0, 0.1) is 6.92 Å². The van der Waals surface area contributed by atoms with Gasteiger partial charge < -0.3 is 14.9 Å². The normalized spacial score (nSPS) is 17.2. The molecule has 39 heavy (non-hydrogen) atoms. The molecule has 1 aliphatic carbocycles. The third-order valence-corrected chi connectivity index (χ3v) is 8.37. The van der Waals surface area contributed by atoms with Gasteiger partial charge in [-0.1, -0.05) is 84.0 Å². The van der Waals surface area contributed by atoms with Crippen LogP contribution in [-0.2, 0) is 16.8 Å². The van der Waals surface area contributed by atoms with E-state index in [1.807, 2.05) is 6.92 Å². The number of aromatic nitrogens is 1. The summed E-state index contributed by atoms with van der Waals surface area (Å²) in [6.07, 6.45) is 4.28. The number of aryl methyl sites for hydroxylation is 1. The van der Waals surface area contributed by atoms with Crippen LogP contribution in [0.1, 0.15) is 48.9 Å². The van der Waals surface area contributed by atoms with Gasteiger partial charge in [0.1, 0.15) is 11.4 Å². The number of carbonyl (C=O) groups is 1. The topological polar surface area (TPSA) is 78.6 Å². The molecular formula is C33H35N3O3. The van der Waals surface area contributed by atoms with Gasteiger partial charge in [0.05, 0.1) is 6.42 Å². The number of likely N-dealkylation sites (tertiary alicyclic amines) is 1. The van der Waals surface area contributed by atoms with E-state index in [9.17, 15) is 9.90 Å². The smallest absolute Gasteiger partial charge is 0.304 e. The summed E-state index contributed by atoms with van der Waals surface area (Å²) in [6.45, 7) is 5.13. The number of anilines is 1. The molecule has 0 amide bonds. The van der Waals surface area contributed by atoms with Crippen LogP contribution in [0.15, 0.2) is 83.4 Å². The molecule has 6 nitrogen and oxygen atoms in total. The van der Waals surface area contributed by atoms with E-state index in [-0.39, 0.29) is 11.8 Å². The van der Waals surface area contributed by atoms with Crippen LogP contribution in [-0.4, -0.2) is 40.3 Å². The molecule has 2 N–H and O–H groups in total. The third kappa shape index (κ3) is 5.62. The van der Waals surface area contributed by atoms with Crippen LogP contribution in [0.2, 0.25) is 0 Å². The molecule has 0 spiro atoms. The summed E-state index contributed by atoms with van der Waals surface area (Å²) >= 11 is 0. The average Bonchev–Trinajstić information content (AvgIpc) is 3.65. The lowest BCUT2D eigenvalue weighted by Gasteiger charge is -2.32. The Morgan fingerprint density at radius 3 is 2.18 bits per heavy atom. The molecule has 1 saturated heterocycles. The zero-order valence-electron chi connectivity index (χ0n) is 22.4. The maximum absolute atomic E-state index is 11.3. The molecule has 0 radical (unpaired) electrons. The van der Waals surface area contributed by atoms with Crippen molar-refractivity contribution in [2.45, 2.75) is 57.0 Å². The quantitative estimate of drug-likeness (QED) is 0.249. The molecule has 0 unspecified atom stereocenters. The lowest BCUT2D eigenvalue weighted by Crippen LogP contribution is -2.38. The van der Waals surface area contributed by atoms with Crippen LogP contribution in [0.5, 0.6) is 0 Å². The fourth-order valence-corrected chi connectivity index (χ4v) is 5.86. The number of hydrogen-bond acceptors (Lipinski definition) is 5. The Hall–Kier alpha value is -3.90. The van der Waals surface area contributed by atoms with E-state index < -0.39 is 5.97 Å². The summed E-state index contributed by atoms with van der Waals surface area (Å²) in [6, 6.07) is 27.8. The highest BCUT2D eigenvalue weighted by Crippen LogP contribution is 2.51. The summed E-state index contributed by atoms with van der Waals surface area (Å²) in [5.41, 5.74) is 7.43. The zero-order valence-corrected chi connectivity index (χ0v) is 22.4. The van der Waals surface area contributed by atoms with Crippen LogP contribution < -0.4 is 5.32 Å². The minimum atomic E-state index is -0.725. The van der Waals surface area contributed by atoms with Gasteiger partial charge in [0.2, 0.25) is 0 Å². The molecule has 0 bridgehead atoms. The first-order chi connectivity index (χ1) is 19.0. The fourth-order valence-electron chi connectivity index (χ4n) is 5.86. The van der Waals surface area contributed by atoms with Gasteiger partial charge in [0.25, 0.3) is 0 Å². The molecule has 6 heteroatoms. The van der Waals surface area contributed by atoms with Crippen molar-refractivity contribution >= 4 is 11.7 Å². The van der Waals surface area contributed by atoms with Crippen LogP contribution in [0.25, 0.3) is 22.5 Å².